The number of nitrogen functional groups attached to an aromatic ring is 1. The van der Waals surface area contributed by atoms with Crippen LogP contribution in [0.25, 0.3) is 11.1 Å². The van der Waals surface area contributed by atoms with Crippen molar-refractivity contribution >= 4 is 17.2 Å². The van der Waals surface area contributed by atoms with E-state index in [0.717, 1.165) is 36.5 Å². The van der Waals surface area contributed by atoms with Gasteiger partial charge < -0.3 is 15.7 Å². The third-order valence-corrected chi connectivity index (χ3v) is 5.14. The van der Waals surface area contributed by atoms with E-state index in [1.165, 1.54) is 6.33 Å². The van der Waals surface area contributed by atoms with Crippen molar-refractivity contribution in [3.63, 3.8) is 0 Å². The molecule has 1 aromatic carbocycles. The largest absolute Gasteiger partial charge is 0.398 e. The van der Waals surface area contributed by atoms with Gasteiger partial charge in [0, 0.05) is 61.7 Å². The van der Waals surface area contributed by atoms with Gasteiger partial charge in [0.25, 0.3) is 0 Å². The second-order valence-corrected chi connectivity index (χ2v) is 7.12. The molecule has 0 aliphatic carbocycles. The lowest BCUT2D eigenvalue weighted by molar-refractivity contribution is 0.238. The Morgan fingerprint density at radius 3 is 2.86 bits per heavy atom. The van der Waals surface area contributed by atoms with Crippen molar-refractivity contribution in [2.24, 2.45) is 13.0 Å². The Balaban J connectivity index is 1.64. The number of rotatable bonds is 5. The third kappa shape index (κ3) is 3.46. The highest BCUT2D eigenvalue weighted by Gasteiger charge is 2.23. The van der Waals surface area contributed by atoms with Crippen molar-refractivity contribution < 1.29 is 5.11 Å². The molecular weight excluding hydrogens is 354 g/mol. The predicted molar refractivity (Wildman–Crippen MR) is 108 cm³/mol. The van der Waals surface area contributed by atoms with E-state index in [4.69, 9.17) is 11.1 Å². The summed E-state index contributed by atoms with van der Waals surface area (Å²) in [5.74, 6) is 1.04. The first-order valence-electron chi connectivity index (χ1n) is 9.21. The zero-order valence-electron chi connectivity index (χ0n) is 15.7. The van der Waals surface area contributed by atoms with Crippen molar-refractivity contribution in [3.8, 4) is 11.1 Å². The molecule has 28 heavy (non-hydrogen) atoms. The molecule has 3 aromatic rings. The second kappa shape index (κ2) is 7.40. The van der Waals surface area contributed by atoms with Crippen LogP contribution in [0.3, 0.4) is 0 Å². The number of aliphatic hydroxyl groups is 1. The minimum Gasteiger partial charge on any atom is -0.398 e. The zero-order valence-corrected chi connectivity index (χ0v) is 15.7. The Morgan fingerprint density at radius 2 is 2.14 bits per heavy atom. The highest BCUT2D eigenvalue weighted by Crippen LogP contribution is 2.26. The van der Waals surface area contributed by atoms with E-state index in [1.807, 2.05) is 31.4 Å². The average molecular weight is 377 g/mol. The topological polar surface area (TPSA) is 117 Å². The Bertz CT molecular complexity index is 1010. The minimum absolute atomic E-state index is 0.182. The summed E-state index contributed by atoms with van der Waals surface area (Å²) in [5, 5.41) is 22.2. The van der Waals surface area contributed by atoms with Gasteiger partial charge >= 0.3 is 0 Å². The van der Waals surface area contributed by atoms with Crippen LogP contribution in [0.1, 0.15) is 17.7 Å². The summed E-state index contributed by atoms with van der Waals surface area (Å²) in [7, 11) is 1.87. The molecule has 1 aliphatic heterocycles. The number of nitrogens with two attached hydrogens (primary N) is 1. The number of nitrogens with one attached hydrogen (secondary N) is 1. The quantitative estimate of drug-likeness (QED) is 0.460. The van der Waals surface area contributed by atoms with Gasteiger partial charge in [-0.2, -0.15) is 5.10 Å². The summed E-state index contributed by atoms with van der Waals surface area (Å²) in [6.07, 6.45) is 6.12. The van der Waals surface area contributed by atoms with Crippen molar-refractivity contribution in [1.82, 2.24) is 19.7 Å². The zero-order chi connectivity index (χ0) is 19.7. The highest BCUT2D eigenvalue weighted by atomic mass is 16.3. The number of hydrogen-bond acceptors (Lipinski definition) is 7. The molecule has 1 aliphatic rings. The lowest BCUT2D eigenvalue weighted by Gasteiger charge is -2.18. The van der Waals surface area contributed by atoms with Crippen molar-refractivity contribution in [3.05, 3.63) is 54.2 Å². The fraction of sp³-hybridized carbons (Fsp3) is 0.300. The van der Waals surface area contributed by atoms with Crippen LogP contribution >= 0.6 is 0 Å². The van der Waals surface area contributed by atoms with Gasteiger partial charge in [0.1, 0.15) is 12.1 Å². The van der Waals surface area contributed by atoms with Crippen LogP contribution in [0.4, 0.5) is 11.5 Å². The van der Waals surface area contributed by atoms with E-state index in [1.54, 1.807) is 16.9 Å². The van der Waals surface area contributed by atoms with Gasteiger partial charge in [-0.05, 0) is 24.1 Å². The molecule has 144 valence electrons. The molecule has 1 saturated heterocycles. The Morgan fingerprint density at radius 1 is 1.29 bits per heavy atom. The fourth-order valence-corrected chi connectivity index (χ4v) is 3.51. The number of benzene rings is 1. The molecule has 0 radical (unpaired) electrons. The number of aryl methyl sites for hydroxylation is 1. The average Bonchev–Trinajstić information content (AvgIpc) is 3.37. The molecule has 0 spiro atoms. The molecular formula is C20H23N7O. The van der Waals surface area contributed by atoms with Gasteiger partial charge in [-0.1, -0.05) is 6.07 Å². The van der Waals surface area contributed by atoms with Crippen LogP contribution in [0.2, 0.25) is 0 Å². The van der Waals surface area contributed by atoms with Gasteiger partial charge in [0.15, 0.2) is 0 Å². The molecule has 0 saturated carbocycles. The first-order valence-corrected chi connectivity index (χ1v) is 9.21. The number of hydrogen-bond donors (Lipinski definition) is 3. The summed E-state index contributed by atoms with van der Waals surface area (Å²) in [6, 6.07) is 7.45. The minimum atomic E-state index is 0.182. The van der Waals surface area contributed by atoms with Crippen LogP contribution < -0.4 is 10.6 Å². The summed E-state index contributed by atoms with van der Waals surface area (Å²) in [6.45, 7) is 1.79. The van der Waals surface area contributed by atoms with Crippen LogP contribution in [0.5, 0.6) is 0 Å². The van der Waals surface area contributed by atoms with Crippen molar-refractivity contribution in [2.45, 2.75) is 6.42 Å². The maximum atomic E-state index is 9.36. The number of anilines is 2. The lowest BCUT2D eigenvalue weighted by atomic mass is 9.99. The van der Waals surface area contributed by atoms with Crippen LogP contribution in [-0.4, -0.2) is 50.3 Å². The third-order valence-electron chi connectivity index (χ3n) is 5.14. The molecule has 3 heterocycles. The van der Waals surface area contributed by atoms with Crippen LogP contribution in [0.15, 0.2) is 43.0 Å². The van der Waals surface area contributed by atoms with E-state index in [-0.39, 0.29) is 18.2 Å². The van der Waals surface area contributed by atoms with E-state index < -0.39 is 0 Å². The molecule has 1 fully saturated rings. The summed E-state index contributed by atoms with van der Waals surface area (Å²) in [5.41, 5.74) is 10.0. The Kier molecular flexibility index (Phi) is 4.79. The Hall–Kier alpha value is -3.26. The molecule has 8 nitrogen and oxygen atoms in total. The normalized spacial score (nSPS) is 16.5. The number of aliphatic hydroxyl groups excluding tert-OH is 1. The summed E-state index contributed by atoms with van der Waals surface area (Å²) >= 11 is 0. The molecule has 0 bridgehead atoms. The molecule has 1 atom stereocenters. The molecule has 4 rings (SSSR count). The van der Waals surface area contributed by atoms with E-state index >= 15 is 0 Å². The van der Waals surface area contributed by atoms with Crippen molar-refractivity contribution in [1.29, 1.82) is 5.41 Å². The molecule has 8 heteroatoms. The van der Waals surface area contributed by atoms with Crippen LogP contribution in [-0.2, 0) is 7.05 Å². The maximum absolute atomic E-state index is 9.36. The summed E-state index contributed by atoms with van der Waals surface area (Å²) < 4.78 is 1.74. The second-order valence-electron chi connectivity index (χ2n) is 7.12. The first-order chi connectivity index (χ1) is 13.5. The SMILES string of the molecule is Cn1cc(-c2ccc(N)c(C(=N)c3cc(N4CCC(CO)C4)ncn3)c2)cn1. The molecule has 0 amide bonds. The maximum Gasteiger partial charge on any atom is 0.132 e. The number of nitrogens with zero attached hydrogens (tertiary/aromatic N) is 5. The van der Waals surface area contributed by atoms with Gasteiger partial charge in [0.2, 0.25) is 0 Å². The number of aromatic nitrogens is 4. The van der Waals surface area contributed by atoms with Crippen LogP contribution in [0, 0.1) is 11.3 Å². The monoisotopic (exact) mass is 377 g/mol. The van der Waals surface area contributed by atoms with E-state index in [9.17, 15) is 5.11 Å². The summed E-state index contributed by atoms with van der Waals surface area (Å²) in [4.78, 5) is 10.8. The fourth-order valence-electron chi connectivity index (χ4n) is 3.51. The molecule has 2 aromatic heterocycles. The smallest absolute Gasteiger partial charge is 0.132 e. The van der Waals surface area contributed by atoms with Gasteiger partial charge in [-0.3, -0.25) is 10.1 Å². The van der Waals surface area contributed by atoms with Crippen molar-refractivity contribution in [2.75, 3.05) is 30.3 Å². The lowest BCUT2D eigenvalue weighted by Crippen LogP contribution is -2.22. The van der Waals surface area contributed by atoms with Gasteiger partial charge in [-0.15, -0.1) is 0 Å². The Labute approximate surface area is 163 Å². The first kappa shape index (κ1) is 18.1. The standard InChI is InChI=1S/C20H23N7O/c1-26-10-15(8-25-26)14-2-3-17(21)16(6-14)20(22)18-7-19(24-12-23-18)27-5-4-13(9-27)11-28/h2-3,6-8,10,12-13,22,28H,4-5,9,11,21H2,1H3. The predicted octanol–water partition coefficient (Wildman–Crippen LogP) is 1.69. The van der Waals surface area contributed by atoms with E-state index in [0.29, 0.717) is 16.9 Å². The molecule has 4 N–H and O–H groups in total. The van der Waals surface area contributed by atoms with Gasteiger partial charge in [0.05, 0.1) is 17.6 Å². The molecule has 1 unspecified atom stereocenters. The highest BCUT2D eigenvalue weighted by molar-refractivity contribution is 6.13. The van der Waals surface area contributed by atoms with E-state index in [2.05, 4.69) is 20.0 Å². The van der Waals surface area contributed by atoms with Gasteiger partial charge in [-0.25, -0.2) is 9.97 Å².